The Hall–Kier alpha value is -3.68. The van der Waals surface area contributed by atoms with E-state index in [-0.39, 0.29) is 11.9 Å². The topological polar surface area (TPSA) is 122 Å². The second-order valence-corrected chi connectivity index (χ2v) is 7.25. The number of hydrogen-bond acceptors (Lipinski definition) is 6. The number of aromatic nitrogens is 3. The Morgan fingerprint density at radius 1 is 1.37 bits per heavy atom. The summed E-state index contributed by atoms with van der Waals surface area (Å²) in [6.07, 6.45) is 10.4. The maximum absolute atomic E-state index is 12.9. The number of carbonyl (C=O) groups excluding carboxylic acids is 1. The highest BCUT2D eigenvalue weighted by Gasteiger charge is 2.17. The summed E-state index contributed by atoms with van der Waals surface area (Å²) in [5, 5.41) is 14.7. The van der Waals surface area contributed by atoms with Gasteiger partial charge in [-0.15, -0.1) is 0 Å². The number of hydrogen-bond donors (Lipinski definition) is 4. The van der Waals surface area contributed by atoms with Crippen LogP contribution in [0.5, 0.6) is 0 Å². The third-order valence-electron chi connectivity index (χ3n) is 4.65. The van der Waals surface area contributed by atoms with Gasteiger partial charge >= 0.3 is 0 Å². The lowest BCUT2D eigenvalue weighted by atomic mass is 10.0. The average molecular weight is 406 g/mol. The Bertz CT molecular complexity index is 1050. The molecule has 5 N–H and O–H groups in total. The first-order valence-electron chi connectivity index (χ1n) is 9.89. The molecule has 3 rings (SSSR count). The van der Waals surface area contributed by atoms with Crippen molar-refractivity contribution in [3.8, 4) is 0 Å². The molecule has 0 unspecified atom stereocenters. The van der Waals surface area contributed by atoms with E-state index in [4.69, 9.17) is 11.1 Å². The fourth-order valence-electron chi connectivity index (χ4n) is 3.19. The van der Waals surface area contributed by atoms with E-state index in [9.17, 15) is 4.79 Å². The number of allylic oxidation sites excluding steroid dienone is 1. The van der Waals surface area contributed by atoms with Gasteiger partial charge in [-0.3, -0.25) is 9.78 Å². The summed E-state index contributed by atoms with van der Waals surface area (Å²) in [6.45, 7) is 5.37. The second-order valence-electron chi connectivity index (χ2n) is 7.25. The number of amides is 1. The number of nitrogens with two attached hydrogens (primary N) is 1. The van der Waals surface area contributed by atoms with Crippen LogP contribution in [0, 0.1) is 5.41 Å². The number of carbonyl (C=O) groups is 1. The predicted molar refractivity (Wildman–Crippen MR) is 121 cm³/mol. The fourth-order valence-corrected chi connectivity index (χ4v) is 3.19. The second kappa shape index (κ2) is 9.69. The molecule has 0 atom stereocenters. The number of nitrogens with one attached hydrogen (secondary N) is 3. The predicted octanol–water partition coefficient (Wildman–Crippen LogP) is 3.02. The first kappa shape index (κ1) is 21.0. The van der Waals surface area contributed by atoms with Crippen molar-refractivity contribution in [1.82, 2.24) is 19.9 Å². The van der Waals surface area contributed by atoms with Crippen LogP contribution in [-0.2, 0) is 6.54 Å². The molecule has 8 heteroatoms. The van der Waals surface area contributed by atoms with Gasteiger partial charge in [-0.2, -0.15) is 0 Å². The lowest BCUT2D eigenvalue weighted by Gasteiger charge is -2.18. The van der Waals surface area contributed by atoms with E-state index in [0.29, 0.717) is 17.7 Å². The monoisotopic (exact) mass is 405 g/mol. The molecular formula is C22H27N7O. The zero-order chi connectivity index (χ0) is 21.5. The summed E-state index contributed by atoms with van der Waals surface area (Å²) < 4.78 is 1.98. The van der Waals surface area contributed by atoms with Crippen LogP contribution >= 0.6 is 0 Å². The minimum atomic E-state index is -0.176. The van der Waals surface area contributed by atoms with Crippen molar-refractivity contribution < 1.29 is 4.79 Å². The summed E-state index contributed by atoms with van der Waals surface area (Å²) in [7, 11) is 0. The van der Waals surface area contributed by atoms with Crippen molar-refractivity contribution in [2.24, 2.45) is 5.73 Å². The summed E-state index contributed by atoms with van der Waals surface area (Å²) in [6, 6.07) is 5.77. The third kappa shape index (κ3) is 4.83. The van der Waals surface area contributed by atoms with Crippen molar-refractivity contribution in [2.45, 2.75) is 32.9 Å². The van der Waals surface area contributed by atoms with E-state index in [1.807, 2.05) is 42.8 Å². The minimum absolute atomic E-state index is 0.124. The zero-order valence-corrected chi connectivity index (χ0v) is 17.2. The first-order valence-corrected chi connectivity index (χ1v) is 9.89. The van der Waals surface area contributed by atoms with Crippen molar-refractivity contribution in [1.29, 1.82) is 5.41 Å². The van der Waals surface area contributed by atoms with E-state index in [1.165, 1.54) is 12.4 Å². The Kier molecular flexibility index (Phi) is 6.79. The molecule has 0 saturated heterocycles. The van der Waals surface area contributed by atoms with E-state index in [2.05, 4.69) is 20.6 Å². The number of fused-ring (bicyclic) bond motifs is 1. The maximum Gasteiger partial charge on any atom is 0.254 e. The molecule has 0 bridgehead atoms. The van der Waals surface area contributed by atoms with Gasteiger partial charge in [-0.25, -0.2) is 4.98 Å². The molecular weight excluding hydrogens is 378 g/mol. The van der Waals surface area contributed by atoms with Gasteiger partial charge in [0.05, 0.1) is 23.1 Å². The zero-order valence-electron chi connectivity index (χ0n) is 17.2. The number of aryl methyl sites for hydroxylation is 1. The largest absolute Gasteiger partial charge is 0.404 e. The first-order chi connectivity index (χ1) is 14.5. The molecule has 0 saturated carbocycles. The van der Waals surface area contributed by atoms with E-state index < -0.39 is 0 Å². The van der Waals surface area contributed by atoms with E-state index in [0.717, 1.165) is 35.1 Å². The highest BCUT2D eigenvalue weighted by Crippen LogP contribution is 2.29. The molecule has 3 aromatic rings. The quantitative estimate of drug-likeness (QED) is 0.322. The van der Waals surface area contributed by atoms with E-state index in [1.54, 1.807) is 18.7 Å². The smallest absolute Gasteiger partial charge is 0.254 e. The number of pyridine rings is 1. The molecule has 2 aromatic heterocycles. The van der Waals surface area contributed by atoms with Crippen LogP contribution in [-0.4, -0.2) is 39.2 Å². The van der Waals surface area contributed by atoms with E-state index >= 15 is 0 Å². The molecule has 0 radical (unpaired) electrons. The Morgan fingerprint density at radius 2 is 2.20 bits per heavy atom. The van der Waals surface area contributed by atoms with Crippen molar-refractivity contribution in [3.05, 3.63) is 60.4 Å². The Labute approximate surface area is 175 Å². The van der Waals surface area contributed by atoms with Crippen LogP contribution in [0.1, 0.15) is 36.2 Å². The van der Waals surface area contributed by atoms with Gasteiger partial charge in [-0.1, -0.05) is 6.07 Å². The summed E-state index contributed by atoms with van der Waals surface area (Å²) >= 11 is 0. The molecule has 0 aliphatic heterocycles. The van der Waals surface area contributed by atoms with Gasteiger partial charge in [0.1, 0.15) is 0 Å². The van der Waals surface area contributed by atoms with Gasteiger partial charge < -0.3 is 26.3 Å². The van der Waals surface area contributed by atoms with Gasteiger partial charge in [0.15, 0.2) is 0 Å². The maximum atomic E-state index is 12.9. The lowest BCUT2D eigenvalue weighted by Crippen LogP contribution is -2.27. The van der Waals surface area contributed by atoms with Crippen LogP contribution < -0.4 is 16.4 Å². The number of anilines is 1. The number of nitrogens with zero attached hydrogens (tertiary/aromatic N) is 3. The highest BCUT2D eigenvalue weighted by atomic mass is 16.1. The van der Waals surface area contributed by atoms with Crippen molar-refractivity contribution in [2.75, 3.05) is 11.9 Å². The van der Waals surface area contributed by atoms with Gasteiger partial charge in [0.2, 0.25) is 0 Å². The van der Waals surface area contributed by atoms with Crippen LogP contribution in [0.3, 0.4) is 0 Å². The molecule has 156 valence electrons. The average Bonchev–Trinajstić information content (AvgIpc) is 3.25. The Balaban J connectivity index is 1.88. The van der Waals surface area contributed by atoms with Gasteiger partial charge in [0.25, 0.3) is 5.91 Å². The third-order valence-corrected chi connectivity index (χ3v) is 4.65. The molecule has 1 amide bonds. The van der Waals surface area contributed by atoms with Crippen molar-refractivity contribution in [3.63, 3.8) is 0 Å². The summed E-state index contributed by atoms with van der Waals surface area (Å²) in [4.78, 5) is 21.4. The molecule has 0 fully saturated rings. The molecule has 30 heavy (non-hydrogen) atoms. The molecule has 0 spiro atoms. The highest BCUT2D eigenvalue weighted by molar-refractivity contribution is 6.11. The lowest BCUT2D eigenvalue weighted by molar-refractivity contribution is 0.0953. The normalized spacial score (nSPS) is 11.6. The molecule has 1 aromatic carbocycles. The summed E-state index contributed by atoms with van der Waals surface area (Å²) in [5.41, 5.74) is 9.02. The standard InChI is InChI=1S/C22H27N7O/c1-15(2)28-21-18-10-16(17(11-23)12-24)4-5-20(18)27-13-19(21)22(30)26-6-3-8-29-9-7-25-14-29/h4-5,7,9-15,23H,3,6,8,24H2,1-2H3,(H,26,30)(H,27,28)/b17-12+,23-11?. The van der Waals surface area contributed by atoms with Crippen LogP contribution in [0.4, 0.5) is 5.69 Å². The van der Waals surface area contributed by atoms with Gasteiger partial charge in [-0.05, 0) is 38.0 Å². The fraction of sp³-hybridized carbons (Fsp3) is 0.273. The molecule has 8 nitrogen and oxygen atoms in total. The number of imidazole rings is 1. The van der Waals surface area contributed by atoms with Gasteiger partial charge in [0, 0.05) is 61.1 Å². The van der Waals surface area contributed by atoms with Crippen LogP contribution in [0.25, 0.3) is 16.5 Å². The van der Waals surface area contributed by atoms with Crippen LogP contribution in [0.15, 0.2) is 49.3 Å². The molecule has 0 aliphatic carbocycles. The number of benzene rings is 1. The minimum Gasteiger partial charge on any atom is -0.404 e. The number of rotatable bonds is 9. The summed E-state index contributed by atoms with van der Waals surface area (Å²) in [5.74, 6) is -0.176. The SMILES string of the molecule is CC(C)Nc1c(C(=O)NCCCn2ccnc2)cnc2ccc(/C(C=N)=C/N)cc12. The Morgan fingerprint density at radius 3 is 2.87 bits per heavy atom. The molecule has 2 heterocycles. The van der Waals surface area contributed by atoms with Crippen molar-refractivity contribution >= 4 is 34.3 Å². The van der Waals surface area contributed by atoms with Crippen LogP contribution in [0.2, 0.25) is 0 Å². The molecule has 0 aliphatic rings.